The molecule has 2 amide bonds. The zero-order valence-electron chi connectivity index (χ0n) is 15.9. The van der Waals surface area contributed by atoms with Crippen LogP contribution in [0.4, 0.5) is 5.69 Å². The lowest BCUT2D eigenvalue weighted by atomic mass is 10.2. The highest BCUT2D eigenvalue weighted by Crippen LogP contribution is 2.14. The molecule has 2 aromatic carbocycles. The van der Waals surface area contributed by atoms with E-state index in [-0.39, 0.29) is 22.7 Å². The molecule has 0 aliphatic rings. The van der Waals surface area contributed by atoms with Gasteiger partial charge in [0.15, 0.2) is 0 Å². The Morgan fingerprint density at radius 3 is 2.27 bits per heavy atom. The van der Waals surface area contributed by atoms with Crippen molar-refractivity contribution in [2.75, 3.05) is 5.32 Å². The van der Waals surface area contributed by atoms with Crippen LogP contribution in [-0.4, -0.2) is 30.0 Å². The summed E-state index contributed by atoms with van der Waals surface area (Å²) in [6.07, 6.45) is 0. The van der Waals surface area contributed by atoms with Gasteiger partial charge in [0.05, 0.1) is 11.4 Å². The van der Waals surface area contributed by atoms with Crippen molar-refractivity contribution in [1.82, 2.24) is 14.5 Å². The van der Waals surface area contributed by atoms with Crippen LogP contribution in [0.1, 0.15) is 23.0 Å². The summed E-state index contributed by atoms with van der Waals surface area (Å²) in [5, 5.41) is 6.69. The normalized spacial score (nSPS) is 11.0. The second kappa shape index (κ2) is 8.70. The Morgan fingerprint density at radius 2 is 1.63 bits per heavy atom. The molecule has 0 unspecified atom stereocenters. The lowest BCUT2D eigenvalue weighted by Gasteiger charge is -2.09. The first-order chi connectivity index (χ1) is 14.2. The van der Waals surface area contributed by atoms with Crippen molar-refractivity contribution in [1.29, 1.82) is 0 Å². The Morgan fingerprint density at radius 1 is 0.967 bits per heavy atom. The minimum atomic E-state index is -3.96. The van der Waals surface area contributed by atoms with Crippen LogP contribution in [0.2, 0.25) is 0 Å². The quantitative estimate of drug-likeness (QED) is 0.613. The van der Waals surface area contributed by atoms with Crippen LogP contribution in [0.3, 0.4) is 0 Å². The van der Waals surface area contributed by atoms with Gasteiger partial charge >= 0.3 is 0 Å². The van der Waals surface area contributed by atoms with Gasteiger partial charge in [-0.15, -0.1) is 0 Å². The van der Waals surface area contributed by atoms with Gasteiger partial charge in [0.25, 0.3) is 21.5 Å². The van der Waals surface area contributed by atoms with Gasteiger partial charge in [0.2, 0.25) is 5.91 Å². The molecule has 0 aliphatic heterocycles. The molecule has 1 heterocycles. The Labute approximate surface area is 172 Å². The molecule has 0 spiro atoms. The van der Waals surface area contributed by atoms with E-state index in [0.717, 1.165) is 12.5 Å². The van der Waals surface area contributed by atoms with Crippen molar-refractivity contribution < 1.29 is 18.0 Å². The molecule has 30 heavy (non-hydrogen) atoms. The summed E-state index contributed by atoms with van der Waals surface area (Å²) < 4.78 is 27.0. The standard InChI is InChI=1S/C20H18N4O5S/c1-14(25)23-30(28,29)17-9-7-16(8-10-17)21-20(27)18-11-12-19(26)24(22-18)13-15-5-3-2-4-6-15/h2-12H,13H2,1H3,(H,21,27)(H,23,25). The Kier molecular flexibility index (Phi) is 6.07. The summed E-state index contributed by atoms with van der Waals surface area (Å²) in [4.78, 5) is 35.4. The van der Waals surface area contributed by atoms with E-state index in [9.17, 15) is 22.8 Å². The Hall–Kier alpha value is -3.79. The molecule has 0 atom stereocenters. The molecule has 0 saturated carbocycles. The zero-order chi connectivity index (χ0) is 21.7. The number of rotatable bonds is 6. The van der Waals surface area contributed by atoms with Gasteiger partial charge in [-0.3, -0.25) is 14.4 Å². The number of amides is 2. The van der Waals surface area contributed by atoms with E-state index in [0.29, 0.717) is 5.69 Å². The van der Waals surface area contributed by atoms with Gasteiger partial charge in [-0.25, -0.2) is 17.8 Å². The molecular formula is C20H18N4O5S. The van der Waals surface area contributed by atoms with Crippen molar-refractivity contribution >= 4 is 27.5 Å². The molecule has 0 radical (unpaired) electrons. The smallest absolute Gasteiger partial charge is 0.276 e. The summed E-state index contributed by atoms with van der Waals surface area (Å²) in [6, 6.07) is 17.1. The fraction of sp³-hybridized carbons (Fsp3) is 0.100. The minimum Gasteiger partial charge on any atom is -0.321 e. The summed E-state index contributed by atoms with van der Waals surface area (Å²) in [5.41, 5.74) is 0.869. The first kappa shape index (κ1) is 20.9. The van der Waals surface area contributed by atoms with Crippen molar-refractivity contribution in [2.24, 2.45) is 0 Å². The van der Waals surface area contributed by atoms with Crippen molar-refractivity contribution in [3.05, 3.63) is 88.3 Å². The average Bonchev–Trinajstić information content (AvgIpc) is 2.70. The molecule has 0 fully saturated rings. The van der Waals surface area contributed by atoms with Crippen molar-refractivity contribution in [3.63, 3.8) is 0 Å². The number of hydrogen-bond acceptors (Lipinski definition) is 6. The number of carbonyl (C=O) groups is 2. The maximum atomic E-state index is 12.5. The molecule has 3 aromatic rings. The predicted octanol–water partition coefficient (Wildman–Crippen LogP) is 1.37. The molecule has 0 aliphatic carbocycles. The van der Waals surface area contributed by atoms with Crippen LogP contribution in [0.15, 0.2) is 76.4 Å². The Balaban J connectivity index is 1.75. The van der Waals surface area contributed by atoms with Crippen LogP contribution in [0, 0.1) is 0 Å². The fourth-order valence-corrected chi connectivity index (χ4v) is 3.59. The van der Waals surface area contributed by atoms with Gasteiger partial charge in [-0.05, 0) is 35.9 Å². The maximum Gasteiger partial charge on any atom is 0.276 e. The van der Waals surface area contributed by atoms with Crippen molar-refractivity contribution in [2.45, 2.75) is 18.4 Å². The minimum absolute atomic E-state index is 0.0282. The van der Waals surface area contributed by atoms with E-state index in [2.05, 4.69) is 10.4 Å². The van der Waals surface area contributed by atoms with E-state index < -0.39 is 21.8 Å². The number of nitrogens with zero attached hydrogens (tertiary/aromatic N) is 2. The second-order valence-corrected chi connectivity index (χ2v) is 8.02. The number of sulfonamides is 1. The van der Waals surface area contributed by atoms with E-state index >= 15 is 0 Å². The van der Waals surface area contributed by atoms with E-state index in [1.54, 1.807) is 0 Å². The monoisotopic (exact) mass is 426 g/mol. The van der Waals surface area contributed by atoms with E-state index in [1.807, 2.05) is 35.1 Å². The largest absolute Gasteiger partial charge is 0.321 e. The summed E-state index contributed by atoms with van der Waals surface area (Å²) >= 11 is 0. The van der Waals surface area contributed by atoms with Gasteiger partial charge in [-0.1, -0.05) is 30.3 Å². The van der Waals surface area contributed by atoms with Crippen molar-refractivity contribution in [3.8, 4) is 0 Å². The number of carbonyl (C=O) groups excluding carboxylic acids is 2. The molecule has 0 saturated heterocycles. The van der Waals surface area contributed by atoms with Gasteiger partial charge in [0, 0.05) is 18.7 Å². The molecule has 1 aromatic heterocycles. The van der Waals surface area contributed by atoms with E-state index in [4.69, 9.17) is 0 Å². The molecule has 2 N–H and O–H groups in total. The second-order valence-electron chi connectivity index (χ2n) is 6.34. The SMILES string of the molecule is CC(=O)NS(=O)(=O)c1ccc(NC(=O)c2ccc(=O)n(Cc3ccccc3)n2)cc1. The third-order valence-electron chi connectivity index (χ3n) is 3.98. The lowest BCUT2D eigenvalue weighted by Crippen LogP contribution is -2.28. The third kappa shape index (κ3) is 5.17. The number of nitrogens with one attached hydrogen (secondary N) is 2. The first-order valence-corrected chi connectivity index (χ1v) is 10.3. The molecule has 9 nitrogen and oxygen atoms in total. The summed E-state index contributed by atoms with van der Waals surface area (Å²) in [5.74, 6) is -1.27. The molecule has 0 bridgehead atoms. The summed E-state index contributed by atoms with van der Waals surface area (Å²) in [6.45, 7) is 1.31. The van der Waals surface area contributed by atoms with Gasteiger partial charge in [0.1, 0.15) is 5.69 Å². The van der Waals surface area contributed by atoms with Crippen LogP contribution < -0.4 is 15.6 Å². The highest BCUT2D eigenvalue weighted by atomic mass is 32.2. The van der Waals surface area contributed by atoms with Crippen LogP contribution in [0.5, 0.6) is 0 Å². The number of anilines is 1. The third-order valence-corrected chi connectivity index (χ3v) is 5.42. The fourth-order valence-electron chi connectivity index (χ4n) is 2.60. The molecule has 10 heteroatoms. The number of benzene rings is 2. The van der Waals surface area contributed by atoms with E-state index in [1.165, 1.54) is 41.1 Å². The highest BCUT2D eigenvalue weighted by molar-refractivity contribution is 7.90. The topological polar surface area (TPSA) is 127 Å². The van der Waals surface area contributed by atoms with Crippen LogP contribution in [-0.2, 0) is 21.4 Å². The Bertz CT molecular complexity index is 1240. The van der Waals surface area contributed by atoms with Gasteiger partial charge in [-0.2, -0.15) is 5.10 Å². The molecular weight excluding hydrogens is 408 g/mol. The molecule has 3 rings (SSSR count). The average molecular weight is 426 g/mol. The van der Waals surface area contributed by atoms with Crippen LogP contribution in [0.25, 0.3) is 0 Å². The zero-order valence-corrected chi connectivity index (χ0v) is 16.7. The highest BCUT2D eigenvalue weighted by Gasteiger charge is 2.16. The number of hydrogen-bond donors (Lipinski definition) is 2. The lowest BCUT2D eigenvalue weighted by molar-refractivity contribution is -0.117. The summed E-state index contributed by atoms with van der Waals surface area (Å²) in [7, 11) is -3.96. The maximum absolute atomic E-state index is 12.5. The number of aromatic nitrogens is 2. The predicted molar refractivity (Wildman–Crippen MR) is 109 cm³/mol. The van der Waals surface area contributed by atoms with Crippen LogP contribution >= 0.6 is 0 Å². The first-order valence-electron chi connectivity index (χ1n) is 8.81. The van der Waals surface area contributed by atoms with Gasteiger partial charge < -0.3 is 5.32 Å². The molecule has 154 valence electrons.